The largest absolute Gasteiger partial charge is 0.392 e. The molecule has 1 fully saturated rings. The van der Waals surface area contributed by atoms with Crippen LogP contribution in [0.15, 0.2) is 18.7 Å². The van der Waals surface area contributed by atoms with E-state index in [2.05, 4.69) is 10.3 Å². The maximum absolute atomic E-state index is 9.89. The lowest BCUT2D eigenvalue weighted by Gasteiger charge is -2.16. The van der Waals surface area contributed by atoms with E-state index in [0.717, 1.165) is 25.4 Å². The third kappa shape index (κ3) is 4.48. The molecule has 2 N–H and O–H groups in total. The molecule has 96 valence electrons. The van der Waals surface area contributed by atoms with Crippen LogP contribution in [0.4, 0.5) is 0 Å². The molecule has 0 radical (unpaired) electrons. The molecule has 0 aromatic carbocycles. The first kappa shape index (κ1) is 12.6. The molecular formula is C13H23N3O. The summed E-state index contributed by atoms with van der Waals surface area (Å²) in [7, 11) is 0. The Balaban J connectivity index is 1.52. The predicted molar refractivity (Wildman–Crippen MR) is 67.7 cm³/mol. The lowest BCUT2D eigenvalue weighted by atomic mass is 10.0. The van der Waals surface area contributed by atoms with Crippen LogP contribution in [-0.4, -0.2) is 33.9 Å². The van der Waals surface area contributed by atoms with Gasteiger partial charge in [-0.15, -0.1) is 0 Å². The number of aliphatic hydroxyl groups excluding tert-OH is 1. The first-order valence-corrected chi connectivity index (χ1v) is 6.69. The Morgan fingerprint density at radius 2 is 2.24 bits per heavy atom. The van der Waals surface area contributed by atoms with Gasteiger partial charge in [0.15, 0.2) is 0 Å². The number of aromatic nitrogens is 2. The van der Waals surface area contributed by atoms with Gasteiger partial charge in [-0.1, -0.05) is 25.7 Å². The van der Waals surface area contributed by atoms with E-state index in [9.17, 15) is 5.11 Å². The highest BCUT2D eigenvalue weighted by Crippen LogP contribution is 2.28. The molecule has 1 unspecified atom stereocenters. The average Bonchev–Trinajstić information content (AvgIpc) is 2.96. The van der Waals surface area contributed by atoms with E-state index in [4.69, 9.17) is 0 Å². The zero-order valence-electron chi connectivity index (χ0n) is 10.4. The van der Waals surface area contributed by atoms with Crippen LogP contribution < -0.4 is 5.32 Å². The second-order valence-corrected chi connectivity index (χ2v) is 5.04. The van der Waals surface area contributed by atoms with Crippen molar-refractivity contribution < 1.29 is 5.11 Å². The fourth-order valence-corrected chi connectivity index (χ4v) is 2.61. The van der Waals surface area contributed by atoms with E-state index in [1.165, 1.54) is 25.7 Å². The van der Waals surface area contributed by atoms with E-state index in [1.54, 1.807) is 6.20 Å². The molecule has 0 spiro atoms. The van der Waals surface area contributed by atoms with Gasteiger partial charge in [-0.2, -0.15) is 0 Å². The van der Waals surface area contributed by atoms with Gasteiger partial charge in [0, 0.05) is 32.0 Å². The number of nitrogens with zero attached hydrogens (tertiary/aromatic N) is 2. The molecule has 1 aromatic heterocycles. The molecule has 17 heavy (non-hydrogen) atoms. The first-order chi connectivity index (χ1) is 8.34. The van der Waals surface area contributed by atoms with Crippen LogP contribution in [0.3, 0.4) is 0 Å². The van der Waals surface area contributed by atoms with Gasteiger partial charge in [0.1, 0.15) is 0 Å². The fourth-order valence-electron chi connectivity index (χ4n) is 2.61. The molecule has 4 heteroatoms. The summed E-state index contributed by atoms with van der Waals surface area (Å²) < 4.78 is 2.04. The first-order valence-electron chi connectivity index (χ1n) is 6.69. The van der Waals surface area contributed by atoms with Gasteiger partial charge < -0.3 is 15.0 Å². The highest BCUT2D eigenvalue weighted by molar-refractivity contribution is 4.75. The molecule has 1 aromatic rings. The molecule has 1 heterocycles. The summed E-state index contributed by atoms with van der Waals surface area (Å²) in [5, 5.41) is 13.2. The Morgan fingerprint density at radius 3 is 2.94 bits per heavy atom. The molecule has 0 bridgehead atoms. The topological polar surface area (TPSA) is 50.1 Å². The number of nitrogens with one attached hydrogen (secondary N) is 1. The van der Waals surface area contributed by atoms with Crippen molar-refractivity contribution in [2.45, 2.75) is 44.8 Å². The molecule has 1 atom stereocenters. The van der Waals surface area contributed by atoms with Crippen molar-refractivity contribution in [2.24, 2.45) is 5.92 Å². The number of aliphatic hydroxyl groups is 1. The predicted octanol–water partition coefficient (Wildman–Crippen LogP) is 1.41. The van der Waals surface area contributed by atoms with E-state index < -0.39 is 0 Å². The normalized spacial score (nSPS) is 18.6. The molecule has 1 aliphatic rings. The number of hydrogen-bond donors (Lipinski definition) is 2. The van der Waals surface area contributed by atoms with Crippen LogP contribution in [0.5, 0.6) is 0 Å². The molecule has 4 nitrogen and oxygen atoms in total. The monoisotopic (exact) mass is 237 g/mol. The summed E-state index contributed by atoms with van der Waals surface area (Å²) in [6.45, 7) is 2.51. The lowest BCUT2D eigenvalue weighted by Crippen LogP contribution is -2.30. The van der Waals surface area contributed by atoms with Gasteiger partial charge in [0.2, 0.25) is 0 Å². The van der Waals surface area contributed by atoms with Gasteiger partial charge in [-0.05, 0) is 12.3 Å². The number of hydrogen-bond acceptors (Lipinski definition) is 3. The lowest BCUT2D eigenvalue weighted by molar-refractivity contribution is 0.140. The van der Waals surface area contributed by atoms with Crippen molar-refractivity contribution in [2.75, 3.05) is 13.1 Å². The summed E-state index contributed by atoms with van der Waals surface area (Å²) in [6.07, 6.45) is 11.7. The van der Waals surface area contributed by atoms with Crippen molar-refractivity contribution in [3.8, 4) is 0 Å². The third-order valence-corrected chi connectivity index (χ3v) is 3.57. The average molecular weight is 237 g/mol. The Bertz CT molecular complexity index is 294. The fraction of sp³-hybridized carbons (Fsp3) is 0.769. The van der Waals surface area contributed by atoms with Crippen molar-refractivity contribution >= 4 is 0 Å². The quantitative estimate of drug-likeness (QED) is 0.705. The Kier molecular flexibility index (Phi) is 5.01. The van der Waals surface area contributed by atoms with E-state index >= 15 is 0 Å². The van der Waals surface area contributed by atoms with Crippen molar-refractivity contribution in [3.63, 3.8) is 0 Å². The van der Waals surface area contributed by atoms with E-state index in [-0.39, 0.29) is 6.10 Å². The standard InChI is InChI=1S/C13H23N3O/c17-13(9-12-3-1-2-4-12)10-14-5-7-16-8-6-15-11-16/h6,8,11-14,17H,1-5,7,9-10H2. The molecule has 0 aliphatic heterocycles. The van der Waals surface area contributed by atoms with Gasteiger partial charge in [0.25, 0.3) is 0 Å². The minimum atomic E-state index is -0.180. The smallest absolute Gasteiger partial charge is 0.0946 e. The molecule has 2 rings (SSSR count). The van der Waals surface area contributed by atoms with Gasteiger partial charge >= 0.3 is 0 Å². The molecule has 1 aliphatic carbocycles. The highest BCUT2D eigenvalue weighted by Gasteiger charge is 2.18. The summed E-state index contributed by atoms with van der Waals surface area (Å²) in [4.78, 5) is 3.99. The highest BCUT2D eigenvalue weighted by atomic mass is 16.3. The SMILES string of the molecule is OC(CNCCn1ccnc1)CC1CCCC1. The van der Waals surface area contributed by atoms with Crippen LogP contribution in [0, 0.1) is 5.92 Å². The van der Waals surface area contributed by atoms with Crippen molar-refractivity contribution in [1.29, 1.82) is 0 Å². The van der Waals surface area contributed by atoms with Crippen LogP contribution in [0.1, 0.15) is 32.1 Å². The summed E-state index contributed by atoms with van der Waals surface area (Å²) in [6, 6.07) is 0. The zero-order valence-corrected chi connectivity index (χ0v) is 10.4. The number of imidazole rings is 1. The summed E-state index contributed by atoms with van der Waals surface area (Å²) in [5.74, 6) is 0.764. The Hall–Kier alpha value is -0.870. The zero-order chi connectivity index (χ0) is 11.9. The maximum atomic E-state index is 9.89. The second kappa shape index (κ2) is 6.77. The van der Waals surface area contributed by atoms with Gasteiger partial charge in [-0.3, -0.25) is 0 Å². The number of rotatable bonds is 7. The van der Waals surface area contributed by atoms with E-state index in [1.807, 2.05) is 17.1 Å². The minimum absolute atomic E-state index is 0.180. The van der Waals surface area contributed by atoms with Gasteiger partial charge in [-0.25, -0.2) is 4.98 Å². The third-order valence-electron chi connectivity index (χ3n) is 3.57. The molecule has 1 saturated carbocycles. The van der Waals surface area contributed by atoms with Crippen LogP contribution in [-0.2, 0) is 6.54 Å². The van der Waals surface area contributed by atoms with Gasteiger partial charge in [0.05, 0.1) is 12.4 Å². The minimum Gasteiger partial charge on any atom is -0.392 e. The van der Waals surface area contributed by atoms with Crippen LogP contribution >= 0.6 is 0 Å². The molecule has 0 amide bonds. The summed E-state index contributed by atoms with van der Waals surface area (Å²) in [5.41, 5.74) is 0. The van der Waals surface area contributed by atoms with Crippen molar-refractivity contribution in [1.82, 2.24) is 14.9 Å². The maximum Gasteiger partial charge on any atom is 0.0946 e. The molecule has 0 saturated heterocycles. The Labute approximate surface area is 103 Å². The van der Waals surface area contributed by atoms with E-state index in [0.29, 0.717) is 6.54 Å². The van der Waals surface area contributed by atoms with Crippen molar-refractivity contribution in [3.05, 3.63) is 18.7 Å². The van der Waals surface area contributed by atoms with Crippen LogP contribution in [0.25, 0.3) is 0 Å². The molecular weight excluding hydrogens is 214 g/mol. The van der Waals surface area contributed by atoms with Crippen LogP contribution in [0.2, 0.25) is 0 Å². The summed E-state index contributed by atoms with van der Waals surface area (Å²) >= 11 is 0. The Morgan fingerprint density at radius 1 is 1.41 bits per heavy atom. The second-order valence-electron chi connectivity index (χ2n) is 5.04.